The molecule has 176 valence electrons. The average Bonchev–Trinajstić information content (AvgIpc) is 2.79. The molecule has 2 aromatic rings. The molecule has 1 aromatic heterocycles. The number of nitrogens with zero attached hydrogens (tertiary/aromatic N) is 4. The van der Waals surface area contributed by atoms with E-state index in [9.17, 15) is 14.7 Å². The highest BCUT2D eigenvalue weighted by Gasteiger charge is 2.35. The second-order valence-corrected chi connectivity index (χ2v) is 9.15. The van der Waals surface area contributed by atoms with Crippen LogP contribution in [0, 0.1) is 5.92 Å². The Morgan fingerprint density at radius 2 is 1.97 bits per heavy atom. The molecule has 9 nitrogen and oxygen atoms in total. The molecular weight excluding hydrogens is 420 g/mol. The van der Waals surface area contributed by atoms with Crippen molar-refractivity contribution in [1.29, 1.82) is 0 Å². The van der Waals surface area contributed by atoms with Crippen molar-refractivity contribution in [1.82, 2.24) is 25.1 Å². The molecule has 9 heteroatoms. The number of fused-ring (bicyclic) bond motifs is 1. The maximum atomic E-state index is 12.5. The summed E-state index contributed by atoms with van der Waals surface area (Å²) >= 11 is 0. The van der Waals surface area contributed by atoms with Crippen molar-refractivity contribution in [3.8, 4) is 0 Å². The molecule has 0 unspecified atom stereocenters. The summed E-state index contributed by atoms with van der Waals surface area (Å²) in [6.45, 7) is 2.36. The van der Waals surface area contributed by atoms with E-state index in [0.717, 1.165) is 32.4 Å². The SMILES string of the molecule is CN(C)C(=O)[C@H]1C[C@H](Nc2cc(C(=O)NC[C@H](O)CN3CCc4ccccc4C3)ncn2)C1. The van der Waals surface area contributed by atoms with Gasteiger partial charge < -0.3 is 20.6 Å². The lowest BCUT2D eigenvalue weighted by Crippen LogP contribution is -2.44. The van der Waals surface area contributed by atoms with Crippen LogP contribution in [0.5, 0.6) is 0 Å². The number of rotatable bonds is 8. The lowest BCUT2D eigenvalue weighted by Gasteiger charge is -2.36. The highest BCUT2D eigenvalue weighted by Crippen LogP contribution is 2.31. The molecule has 1 fully saturated rings. The van der Waals surface area contributed by atoms with Crippen molar-refractivity contribution in [2.45, 2.75) is 38.0 Å². The van der Waals surface area contributed by atoms with Gasteiger partial charge in [0.05, 0.1) is 6.10 Å². The Labute approximate surface area is 194 Å². The van der Waals surface area contributed by atoms with Gasteiger partial charge in [0.2, 0.25) is 5.91 Å². The lowest BCUT2D eigenvalue weighted by molar-refractivity contribution is -0.135. The Hall–Kier alpha value is -3.04. The van der Waals surface area contributed by atoms with Crippen LogP contribution in [0.2, 0.25) is 0 Å². The number of β-amino-alcohol motifs (C(OH)–C–C–N with tert-alkyl or cyclic N) is 1. The molecule has 3 N–H and O–H groups in total. The zero-order chi connectivity index (χ0) is 23.4. The molecule has 1 aliphatic carbocycles. The first-order chi connectivity index (χ1) is 15.9. The van der Waals surface area contributed by atoms with Crippen molar-refractivity contribution in [2.75, 3.05) is 39.0 Å². The summed E-state index contributed by atoms with van der Waals surface area (Å²) in [5, 5.41) is 16.5. The quantitative estimate of drug-likeness (QED) is 0.546. The predicted molar refractivity (Wildman–Crippen MR) is 125 cm³/mol. The molecule has 0 saturated heterocycles. The third-order valence-corrected chi connectivity index (χ3v) is 6.36. The molecule has 4 rings (SSSR count). The van der Waals surface area contributed by atoms with Crippen molar-refractivity contribution in [3.63, 3.8) is 0 Å². The number of anilines is 1. The number of hydrogen-bond donors (Lipinski definition) is 3. The van der Waals surface area contributed by atoms with Crippen LogP contribution in [-0.2, 0) is 17.8 Å². The average molecular weight is 453 g/mol. The van der Waals surface area contributed by atoms with Crippen LogP contribution in [-0.4, -0.2) is 82.6 Å². The van der Waals surface area contributed by atoms with E-state index < -0.39 is 6.10 Å². The zero-order valence-electron chi connectivity index (χ0n) is 19.2. The van der Waals surface area contributed by atoms with Gasteiger partial charge >= 0.3 is 0 Å². The smallest absolute Gasteiger partial charge is 0.270 e. The minimum atomic E-state index is -0.667. The normalized spacial score (nSPS) is 20.8. The molecule has 1 atom stereocenters. The molecule has 0 spiro atoms. The van der Waals surface area contributed by atoms with Gasteiger partial charge in [-0.1, -0.05) is 24.3 Å². The molecule has 2 amide bonds. The number of aliphatic hydroxyl groups is 1. The van der Waals surface area contributed by atoms with Gasteiger partial charge in [0.15, 0.2) is 0 Å². The number of amides is 2. The first kappa shape index (κ1) is 23.1. The number of aliphatic hydroxyl groups excluding tert-OH is 1. The molecule has 1 aliphatic heterocycles. The maximum Gasteiger partial charge on any atom is 0.270 e. The maximum absolute atomic E-state index is 12.5. The Bertz CT molecular complexity index is 992. The van der Waals surface area contributed by atoms with Crippen molar-refractivity contribution in [2.24, 2.45) is 5.92 Å². The molecule has 0 bridgehead atoms. The Kier molecular flexibility index (Phi) is 7.20. The van der Waals surface area contributed by atoms with Gasteiger partial charge in [-0.3, -0.25) is 14.5 Å². The Balaban J connectivity index is 1.22. The number of nitrogens with one attached hydrogen (secondary N) is 2. The van der Waals surface area contributed by atoms with E-state index in [1.54, 1.807) is 25.1 Å². The number of carbonyl (C=O) groups excluding carboxylic acids is 2. The van der Waals surface area contributed by atoms with Gasteiger partial charge in [-0.25, -0.2) is 9.97 Å². The van der Waals surface area contributed by atoms with Crippen LogP contribution in [0.1, 0.15) is 34.5 Å². The predicted octanol–water partition coefficient (Wildman–Crippen LogP) is 0.904. The largest absolute Gasteiger partial charge is 0.390 e. The zero-order valence-corrected chi connectivity index (χ0v) is 19.2. The number of carbonyl (C=O) groups is 2. The second kappa shape index (κ2) is 10.3. The van der Waals surface area contributed by atoms with Gasteiger partial charge in [-0.2, -0.15) is 0 Å². The topological polar surface area (TPSA) is 111 Å². The first-order valence-electron chi connectivity index (χ1n) is 11.4. The van der Waals surface area contributed by atoms with E-state index in [-0.39, 0.29) is 36.0 Å². The summed E-state index contributed by atoms with van der Waals surface area (Å²) in [6, 6.07) is 10.1. The van der Waals surface area contributed by atoms with E-state index in [1.807, 2.05) is 6.07 Å². The molecule has 1 aromatic carbocycles. The van der Waals surface area contributed by atoms with E-state index in [2.05, 4.69) is 43.7 Å². The third-order valence-electron chi connectivity index (χ3n) is 6.36. The third kappa shape index (κ3) is 5.85. The van der Waals surface area contributed by atoms with Gasteiger partial charge in [0.25, 0.3) is 5.91 Å². The monoisotopic (exact) mass is 452 g/mol. The molecule has 2 heterocycles. The van der Waals surface area contributed by atoms with Crippen molar-refractivity contribution >= 4 is 17.6 Å². The minimum absolute atomic E-state index is 0.0389. The van der Waals surface area contributed by atoms with E-state index >= 15 is 0 Å². The Morgan fingerprint density at radius 1 is 1.21 bits per heavy atom. The van der Waals surface area contributed by atoms with Crippen LogP contribution in [0.4, 0.5) is 5.82 Å². The van der Waals surface area contributed by atoms with E-state index in [0.29, 0.717) is 12.4 Å². The highest BCUT2D eigenvalue weighted by atomic mass is 16.3. The summed E-state index contributed by atoms with van der Waals surface area (Å²) in [6.07, 6.45) is 3.14. The summed E-state index contributed by atoms with van der Waals surface area (Å²) in [4.78, 5) is 36.6. The van der Waals surface area contributed by atoms with Crippen LogP contribution >= 0.6 is 0 Å². The second-order valence-electron chi connectivity index (χ2n) is 9.15. The van der Waals surface area contributed by atoms with Crippen molar-refractivity contribution < 1.29 is 14.7 Å². The molecule has 2 aliphatic rings. The van der Waals surface area contributed by atoms with Gasteiger partial charge in [0.1, 0.15) is 17.8 Å². The highest BCUT2D eigenvalue weighted by molar-refractivity contribution is 5.92. The fraction of sp³-hybridized carbons (Fsp3) is 0.500. The number of benzene rings is 1. The lowest BCUT2D eigenvalue weighted by atomic mass is 9.79. The van der Waals surface area contributed by atoms with Crippen molar-refractivity contribution in [3.05, 3.63) is 53.5 Å². The summed E-state index contributed by atoms with van der Waals surface area (Å²) in [5.41, 5.74) is 2.91. The molecule has 33 heavy (non-hydrogen) atoms. The summed E-state index contributed by atoms with van der Waals surface area (Å²) < 4.78 is 0. The van der Waals surface area contributed by atoms with E-state index in [4.69, 9.17) is 0 Å². The fourth-order valence-corrected chi connectivity index (χ4v) is 4.45. The van der Waals surface area contributed by atoms with Crippen LogP contribution < -0.4 is 10.6 Å². The first-order valence-corrected chi connectivity index (χ1v) is 11.4. The number of aromatic nitrogens is 2. The van der Waals surface area contributed by atoms with Crippen LogP contribution in [0.3, 0.4) is 0 Å². The molecule has 0 radical (unpaired) electrons. The van der Waals surface area contributed by atoms with E-state index in [1.165, 1.54) is 17.5 Å². The standard InChI is InChI=1S/C24H32N6O3/c1-29(2)24(33)18-9-19(10-18)28-22-11-21(26-15-27-22)23(32)25-12-20(31)14-30-8-7-16-5-3-4-6-17(16)13-30/h3-6,11,15,18-20,31H,7-10,12-14H2,1-2H3,(H,25,32)(H,26,27,28)/t18-,19-,20-/m0/s1. The van der Waals surface area contributed by atoms with Crippen LogP contribution in [0.25, 0.3) is 0 Å². The fourth-order valence-electron chi connectivity index (χ4n) is 4.45. The molecular formula is C24H32N6O3. The minimum Gasteiger partial charge on any atom is -0.390 e. The Morgan fingerprint density at radius 3 is 2.73 bits per heavy atom. The number of hydrogen-bond acceptors (Lipinski definition) is 7. The summed E-state index contributed by atoms with van der Waals surface area (Å²) in [7, 11) is 3.53. The molecule has 1 saturated carbocycles. The van der Waals surface area contributed by atoms with Crippen LogP contribution in [0.15, 0.2) is 36.7 Å². The van der Waals surface area contributed by atoms with Gasteiger partial charge in [0, 0.05) is 58.3 Å². The van der Waals surface area contributed by atoms with Gasteiger partial charge in [-0.05, 0) is 30.4 Å². The van der Waals surface area contributed by atoms with Gasteiger partial charge in [-0.15, -0.1) is 0 Å². The summed E-state index contributed by atoms with van der Waals surface area (Å²) in [5.74, 6) is 0.390.